The van der Waals surface area contributed by atoms with Crippen LogP contribution in [0.3, 0.4) is 0 Å². The second-order valence-corrected chi connectivity index (χ2v) is 5.46. The van der Waals surface area contributed by atoms with Crippen LogP contribution in [-0.4, -0.2) is 12.2 Å². The Morgan fingerprint density at radius 2 is 2.05 bits per heavy atom. The summed E-state index contributed by atoms with van der Waals surface area (Å²) < 4.78 is 6.18. The first-order chi connectivity index (χ1) is 9.63. The van der Waals surface area contributed by atoms with Crippen molar-refractivity contribution in [3.63, 3.8) is 0 Å². The minimum Gasteiger partial charge on any atom is -0.508 e. The Balaban J connectivity index is 2.26. The summed E-state index contributed by atoms with van der Waals surface area (Å²) in [7, 11) is 1.65. The molecule has 0 bridgehead atoms. The SMILES string of the molecule is CCC(Nc1cccc(OC)c1)c1cc(Br)ccc1O. The second kappa shape index (κ2) is 6.66. The van der Waals surface area contributed by atoms with Gasteiger partial charge in [-0.05, 0) is 36.8 Å². The normalized spacial score (nSPS) is 11.9. The Morgan fingerprint density at radius 3 is 2.75 bits per heavy atom. The van der Waals surface area contributed by atoms with Crippen LogP contribution < -0.4 is 10.1 Å². The lowest BCUT2D eigenvalue weighted by atomic mass is 10.0. The number of methoxy groups -OCH3 is 1. The third kappa shape index (κ3) is 3.45. The maximum absolute atomic E-state index is 10.0. The van der Waals surface area contributed by atoms with Gasteiger partial charge < -0.3 is 15.2 Å². The maximum Gasteiger partial charge on any atom is 0.120 e. The van der Waals surface area contributed by atoms with Gasteiger partial charge in [-0.3, -0.25) is 0 Å². The van der Waals surface area contributed by atoms with Crippen molar-refractivity contribution in [1.29, 1.82) is 0 Å². The van der Waals surface area contributed by atoms with E-state index < -0.39 is 0 Å². The summed E-state index contributed by atoms with van der Waals surface area (Å²) in [5, 5.41) is 13.5. The molecule has 2 aromatic rings. The number of nitrogens with one attached hydrogen (secondary N) is 1. The van der Waals surface area contributed by atoms with Crippen molar-refractivity contribution < 1.29 is 9.84 Å². The van der Waals surface area contributed by atoms with E-state index in [9.17, 15) is 5.11 Å². The lowest BCUT2D eigenvalue weighted by Gasteiger charge is -2.20. The summed E-state index contributed by atoms with van der Waals surface area (Å²) in [4.78, 5) is 0. The van der Waals surface area contributed by atoms with Gasteiger partial charge in [0.25, 0.3) is 0 Å². The standard InChI is InChI=1S/C16H18BrNO2/c1-3-15(14-9-11(17)7-8-16(14)19)18-12-5-4-6-13(10-12)20-2/h4-10,15,18-19H,3H2,1-2H3. The minimum absolute atomic E-state index is 0.0413. The van der Waals surface area contributed by atoms with Crippen molar-refractivity contribution in [2.75, 3.05) is 12.4 Å². The highest BCUT2D eigenvalue weighted by atomic mass is 79.9. The monoisotopic (exact) mass is 335 g/mol. The number of halogens is 1. The Labute approximate surface area is 127 Å². The van der Waals surface area contributed by atoms with Crippen LogP contribution in [0.5, 0.6) is 11.5 Å². The van der Waals surface area contributed by atoms with Crippen LogP contribution in [0.25, 0.3) is 0 Å². The first-order valence-electron chi connectivity index (χ1n) is 6.53. The van der Waals surface area contributed by atoms with Crippen LogP contribution in [0.1, 0.15) is 24.9 Å². The third-order valence-corrected chi connectivity index (χ3v) is 3.68. The van der Waals surface area contributed by atoms with Crippen molar-refractivity contribution in [1.82, 2.24) is 0 Å². The van der Waals surface area contributed by atoms with Crippen molar-refractivity contribution in [3.8, 4) is 11.5 Å². The van der Waals surface area contributed by atoms with Crippen LogP contribution >= 0.6 is 15.9 Å². The molecule has 2 aromatic carbocycles. The van der Waals surface area contributed by atoms with Gasteiger partial charge in [-0.2, -0.15) is 0 Å². The van der Waals surface area contributed by atoms with Gasteiger partial charge in [0.2, 0.25) is 0 Å². The molecule has 1 unspecified atom stereocenters. The highest BCUT2D eigenvalue weighted by molar-refractivity contribution is 9.10. The molecule has 0 aliphatic carbocycles. The number of phenolic OH excluding ortho intramolecular Hbond substituents is 1. The zero-order chi connectivity index (χ0) is 14.5. The molecule has 0 saturated carbocycles. The zero-order valence-electron chi connectivity index (χ0n) is 11.6. The van der Waals surface area contributed by atoms with E-state index in [1.54, 1.807) is 13.2 Å². The van der Waals surface area contributed by atoms with Crippen molar-refractivity contribution in [2.45, 2.75) is 19.4 Å². The molecule has 0 radical (unpaired) electrons. The van der Waals surface area contributed by atoms with Gasteiger partial charge in [0, 0.05) is 21.8 Å². The third-order valence-electron chi connectivity index (χ3n) is 3.18. The van der Waals surface area contributed by atoms with Gasteiger partial charge in [-0.25, -0.2) is 0 Å². The molecule has 2 rings (SSSR count). The van der Waals surface area contributed by atoms with E-state index >= 15 is 0 Å². The highest BCUT2D eigenvalue weighted by Gasteiger charge is 2.14. The molecule has 0 aromatic heterocycles. The summed E-state index contributed by atoms with van der Waals surface area (Å²) in [6.45, 7) is 2.08. The largest absolute Gasteiger partial charge is 0.508 e. The number of ether oxygens (including phenoxy) is 1. The topological polar surface area (TPSA) is 41.5 Å². The Bertz CT molecular complexity index is 586. The van der Waals surface area contributed by atoms with E-state index in [0.717, 1.165) is 27.9 Å². The Hall–Kier alpha value is -1.68. The molecule has 0 amide bonds. The number of rotatable bonds is 5. The van der Waals surface area contributed by atoms with Gasteiger partial charge in [0.15, 0.2) is 0 Å². The fourth-order valence-corrected chi connectivity index (χ4v) is 2.50. The molecular formula is C16H18BrNO2. The van der Waals surface area contributed by atoms with E-state index in [-0.39, 0.29) is 6.04 Å². The van der Waals surface area contributed by atoms with E-state index in [0.29, 0.717) is 5.75 Å². The van der Waals surface area contributed by atoms with Gasteiger partial charge >= 0.3 is 0 Å². The van der Waals surface area contributed by atoms with Crippen LogP contribution in [-0.2, 0) is 0 Å². The lowest BCUT2D eigenvalue weighted by molar-refractivity contribution is 0.415. The predicted molar refractivity (Wildman–Crippen MR) is 85.5 cm³/mol. The minimum atomic E-state index is 0.0413. The summed E-state index contributed by atoms with van der Waals surface area (Å²) in [5.74, 6) is 1.11. The molecule has 0 saturated heterocycles. The smallest absolute Gasteiger partial charge is 0.120 e. The first kappa shape index (κ1) is 14.7. The summed E-state index contributed by atoms with van der Waals surface area (Å²) >= 11 is 3.44. The highest BCUT2D eigenvalue weighted by Crippen LogP contribution is 2.32. The Morgan fingerprint density at radius 1 is 1.25 bits per heavy atom. The van der Waals surface area contributed by atoms with Crippen molar-refractivity contribution >= 4 is 21.6 Å². The predicted octanol–water partition coefficient (Wildman–Crippen LogP) is 4.73. The molecule has 1 atom stereocenters. The molecule has 0 heterocycles. The van der Waals surface area contributed by atoms with Crippen LogP contribution in [0, 0.1) is 0 Å². The van der Waals surface area contributed by atoms with Gasteiger partial charge in [-0.15, -0.1) is 0 Å². The van der Waals surface area contributed by atoms with Crippen molar-refractivity contribution in [3.05, 3.63) is 52.5 Å². The van der Waals surface area contributed by atoms with Gasteiger partial charge in [0.1, 0.15) is 11.5 Å². The molecule has 0 spiro atoms. The van der Waals surface area contributed by atoms with E-state index in [4.69, 9.17) is 4.74 Å². The molecule has 0 aliphatic rings. The number of benzene rings is 2. The number of hydrogen-bond acceptors (Lipinski definition) is 3. The summed E-state index contributed by atoms with van der Waals surface area (Å²) in [6, 6.07) is 13.3. The summed E-state index contributed by atoms with van der Waals surface area (Å²) in [5.41, 5.74) is 1.85. The number of phenols is 1. The zero-order valence-corrected chi connectivity index (χ0v) is 13.1. The maximum atomic E-state index is 10.0. The molecule has 2 N–H and O–H groups in total. The van der Waals surface area contributed by atoms with Gasteiger partial charge in [-0.1, -0.05) is 28.9 Å². The number of aromatic hydroxyl groups is 1. The fraction of sp³-hybridized carbons (Fsp3) is 0.250. The lowest BCUT2D eigenvalue weighted by Crippen LogP contribution is -2.10. The molecule has 4 heteroatoms. The van der Waals surface area contributed by atoms with E-state index in [1.165, 1.54) is 0 Å². The van der Waals surface area contributed by atoms with Crippen LogP contribution in [0.15, 0.2) is 46.9 Å². The summed E-state index contributed by atoms with van der Waals surface area (Å²) in [6.07, 6.45) is 0.862. The average Bonchev–Trinajstić information content (AvgIpc) is 2.47. The molecule has 0 aliphatic heterocycles. The average molecular weight is 336 g/mol. The molecule has 0 fully saturated rings. The van der Waals surface area contributed by atoms with E-state index in [1.807, 2.05) is 36.4 Å². The van der Waals surface area contributed by atoms with Gasteiger partial charge in [0.05, 0.1) is 13.2 Å². The molecule has 106 valence electrons. The second-order valence-electron chi connectivity index (χ2n) is 4.54. The molecule has 3 nitrogen and oxygen atoms in total. The van der Waals surface area contributed by atoms with Crippen molar-refractivity contribution in [2.24, 2.45) is 0 Å². The fourth-order valence-electron chi connectivity index (χ4n) is 2.12. The van der Waals surface area contributed by atoms with Crippen LogP contribution in [0.4, 0.5) is 5.69 Å². The van der Waals surface area contributed by atoms with Crippen LogP contribution in [0.2, 0.25) is 0 Å². The Kier molecular flexibility index (Phi) is 4.90. The molecular weight excluding hydrogens is 318 g/mol. The number of anilines is 1. The first-order valence-corrected chi connectivity index (χ1v) is 7.32. The van der Waals surface area contributed by atoms with E-state index in [2.05, 4.69) is 28.2 Å². The molecule has 20 heavy (non-hydrogen) atoms. The quantitative estimate of drug-likeness (QED) is 0.830. The number of hydrogen-bond donors (Lipinski definition) is 2.